The van der Waals surface area contributed by atoms with Gasteiger partial charge in [0.25, 0.3) is 0 Å². The van der Waals surface area contributed by atoms with E-state index in [1.807, 2.05) is 49.4 Å². The van der Waals surface area contributed by atoms with E-state index in [-0.39, 0.29) is 12.5 Å². The van der Waals surface area contributed by atoms with Crippen molar-refractivity contribution in [3.63, 3.8) is 0 Å². The lowest BCUT2D eigenvalue weighted by molar-refractivity contribution is -0.123. The predicted octanol–water partition coefficient (Wildman–Crippen LogP) is 5.36. The van der Waals surface area contributed by atoms with Gasteiger partial charge < -0.3 is 29.6 Å². The van der Waals surface area contributed by atoms with E-state index in [4.69, 9.17) is 18.9 Å². The fourth-order valence-electron chi connectivity index (χ4n) is 4.18. The van der Waals surface area contributed by atoms with Crippen molar-refractivity contribution in [2.24, 2.45) is 5.92 Å². The summed E-state index contributed by atoms with van der Waals surface area (Å²) in [6.45, 7) is 4.02. The molecule has 2 atom stereocenters. The van der Waals surface area contributed by atoms with Crippen molar-refractivity contribution in [1.29, 1.82) is 0 Å². The quantitative estimate of drug-likeness (QED) is 0.227. The summed E-state index contributed by atoms with van der Waals surface area (Å²) < 4.78 is 20.8. The van der Waals surface area contributed by atoms with Gasteiger partial charge in [0.15, 0.2) is 11.5 Å². The molecule has 3 aromatic rings. The van der Waals surface area contributed by atoms with E-state index in [1.54, 1.807) is 57.6 Å². The third kappa shape index (κ3) is 8.86. The molecule has 0 fully saturated rings. The number of alkyl carbamates (subject to hydrolysis) is 1. The topological polar surface area (TPSA) is 112 Å². The van der Waals surface area contributed by atoms with Gasteiger partial charge in [-0.15, -0.1) is 0 Å². The standard InChI is InChI=1S/C32H36N2O7/c1-21(17-22(2)30(35)33-19-24-11-16-27(38-3)28(18-24)39-4)29(25-12-14-26(15-13-25)31(36)40-5)34-32(37)41-20-23-9-7-6-8-10-23/h6-18,22,29H,19-20H2,1-5H3,(H,33,35)(H,34,37)/b21-17+/t22-,29?/m1/s1. The molecule has 41 heavy (non-hydrogen) atoms. The van der Waals surface area contributed by atoms with Gasteiger partial charge in [-0.3, -0.25) is 4.79 Å². The van der Waals surface area contributed by atoms with Crippen LogP contribution in [0.4, 0.5) is 4.79 Å². The number of ether oxygens (including phenoxy) is 4. The molecule has 0 bridgehead atoms. The van der Waals surface area contributed by atoms with Crippen molar-refractivity contribution in [1.82, 2.24) is 10.6 Å². The Kier molecular flexibility index (Phi) is 11.3. The Morgan fingerprint density at radius 3 is 2.17 bits per heavy atom. The van der Waals surface area contributed by atoms with E-state index >= 15 is 0 Å². The maximum atomic E-state index is 12.9. The van der Waals surface area contributed by atoms with E-state index in [0.717, 1.165) is 16.7 Å². The molecular weight excluding hydrogens is 524 g/mol. The Hall–Kier alpha value is -4.79. The molecule has 9 heteroatoms. The Morgan fingerprint density at radius 2 is 1.54 bits per heavy atom. The number of nitrogens with one attached hydrogen (secondary N) is 2. The van der Waals surface area contributed by atoms with Crippen molar-refractivity contribution in [2.45, 2.75) is 33.0 Å². The van der Waals surface area contributed by atoms with Crippen LogP contribution in [0.5, 0.6) is 11.5 Å². The van der Waals surface area contributed by atoms with Crippen LogP contribution in [0.2, 0.25) is 0 Å². The molecule has 0 aromatic heterocycles. The molecule has 0 aliphatic rings. The van der Waals surface area contributed by atoms with Gasteiger partial charge in [-0.2, -0.15) is 0 Å². The van der Waals surface area contributed by atoms with E-state index in [2.05, 4.69) is 10.6 Å². The van der Waals surface area contributed by atoms with Crippen molar-refractivity contribution < 1.29 is 33.3 Å². The largest absolute Gasteiger partial charge is 0.493 e. The van der Waals surface area contributed by atoms with Crippen LogP contribution in [-0.2, 0) is 27.4 Å². The second-order valence-electron chi connectivity index (χ2n) is 9.36. The average molecular weight is 561 g/mol. The molecule has 2 amide bonds. The second-order valence-corrected chi connectivity index (χ2v) is 9.36. The summed E-state index contributed by atoms with van der Waals surface area (Å²) in [5, 5.41) is 5.82. The number of hydrogen-bond donors (Lipinski definition) is 2. The molecule has 0 saturated carbocycles. The molecule has 0 radical (unpaired) electrons. The van der Waals surface area contributed by atoms with Crippen LogP contribution in [-0.4, -0.2) is 39.3 Å². The van der Waals surface area contributed by atoms with Gasteiger partial charge in [-0.25, -0.2) is 9.59 Å². The smallest absolute Gasteiger partial charge is 0.408 e. The monoisotopic (exact) mass is 560 g/mol. The Bertz CT molecular complexity index is 1350. The molecule has 9 nitrogen and oxygen atoms in total. The van der Waals surface area contributed by atoms with Gasteiger partial charge in [-0.05, 0) is 53.5 Å². The van der Waals surface area contributed by atoms with Gasteiger partial charge in [-0.1, -0.05) is 61.5 Å². The van der Waals surface area contributed by atoms with Gasteiger partial charge in [0.2, 0.25) is 5.91 Å². The van der Waals surface area contributed by atoms with Crippen molar-refractivity contribution in [2.75, 3.05) is 21.3 Å². The predicted molar refractivity (Wildman–Crippen MR) is 155 cm³/mol. The summed E-state index contributed by atoms with van der Waals surface area (Å²) in [6, 6.07) is 20.9. The highest BCUT2D eigenvalue weighted by molar-refractivity contribution is 5.89. The van der Waals surface area contributed by atoms with Gasteiger partial charge in [0.1, 0.15) is 6.61 Å². The number of rotatable bonds is 12. The van der Waals surface area contributed by atoms with Crippen LogP contribution >= 0.6 is 0 Å². The minimum atomic E-state index is -0.616. The van der Waals surface area contributed by atoms with Crippen LogP contribution in [0, 0.1) is 5.92 Å². The van der Waals surface area contributed by atoms with Crippen LogP contribution < -0.4 is 20.1 Å². The van der Waals surface area contributed by atoms with E-state index in [9.17, 15) is 14.4 Å². The van der Waals surface area contributed by atoms with Crippen molar-refractivity contribution in [3.8, 4) is 11.5 Å². The number of hydrogen-bond acceptors (Lipinski definition) is 7. The first-order chi connectivity index (χ1) is 19.7. The molecule has 0 spiro atoms. The molecule has 3 aromatic carbocycles. The number of carbonyl (C=O) groups excluding carboxylic acids is 3. The van der Waals surface area contributed by atoms with Gasteiger partial charge in [0, 0.05) is 6.54 Å². The summed E-state index contributed by atoms with van der Waals surface area (Å²) in [7, 11) is 4.43. The van der Waals surface area contributed by atoms with Gasteiger partial charge >= 0.3 is 12.1 Å². The summed E-state index contributed by atoms with van der Waals surface area (Å²) in [4.78, 5) is 37.6. The summed E-state index contributed by atoms with van der Waals surface area (Å²) in [5.41, 5.74) is 3.53. The SMILES string of the molecule is COC(=O)c1ccc(C(NC(=O)OCc2ccccc2)/C(C)=C/[C@@H](C)C(=O)NCc2ccc(OC)c(OC)c2)cc1. The van der Waals surface area contributed by atoms with E-state index in [1.165, 1.54) is 7.11 Å². The zero-order valence-electron chi connectivity index (χ0n) is 23.9. The molecule has 1 unspecified atom stereocenters. The zero-order chi connectivity index (χ0) is 29.8. The fraction of sp³-hybridized carbons (Fsp3) is 0.281. The molecule has 0 aliphatic heterocycles. The molecule has 3 rings (SSSR count). The van der Waals surface area contributed by atoms with Crippen molar-refractivity contribution >= 4 is 18.0 Å². The Balaban J connectivity index is 1.73. The lowest BCUT2D eigenvalue weighted by Crippen LogP contribution is -2.31. The van der Waals surface area contributed by atoms with Crippen LogP contribution in [0.1, 0.15) is 46.9 Å². The molecule has 2 N–H and O–H groups in total. The highest BCUT2D eigenvalue weighted by atomic mass is 16.5. The van der Waals surface area contributed by atoms with Crippen LogP contribution in [0.15, 0.2) is 84.4 Å². The molecule has 0 heterocycles. The number of amides is 2. The minimum absolute atomic E-state index is 0.110. The number of benzene rings is 3. The van der Waals surface area contributed by atoms with E-state index in [0.29, 0.717) is 29.2 Å². The molecule has 0 saturated heterocycles. The first-order valence-corrected chi connectivity index (χ1v) is 13.1. The number of methoxy groups -OCH3 is 3. The first-order valence-electron chi connectivity index (χ1n) is 13.1. The normalized spacial score (nSPS) is 12.5. The van der Waals surface area contributed by atoms with Crippen LogP contribution in [0.25, 0.3) is 0 Å². The summed E-state index contributed by atoms with van der Waals surface area (Å²) in [6.07, 6.45) is 1.18. The number of esters is 1. The van der Waals surface area contributed by atoms with Crippen molar-refractivity contribution in [3.05, 3.63) is 107 Å². The Labute approximate surface area is 240 Å². The molecule has 216 valence electrons. The summed E-state index contributed by atoms with van der Waals surface area (Å²) >= 11 is 0. The van der Waals surface area contributed by atoms with Crippen LogP contribution in [0.3, 0.4) is 0 Å². The highest BCUT2D eigenvalue weighted by Crippen LogP contribution is 2.28. The maximum Gasteiger partial charge on any atom is 0.408 e. The Morgan fingerprint density at radius 1 is 0.854 bits per heavy atom. The number of carbonyl (C=O) groups is 3. The first kappa shape index (κ1) is 30.7. The maximum absolute atomic E-state index is 12.9. The average Bonchev–Trinajstić information content (AvgIpc) is 3.01. The highest BCUT2D eigenvalue weighted by Gasteiger charge is 2.21. The zero-order valence-corrected chi connectivity index (χ0v) is 23.9. The van der Waals surface area contributed by atoms with E-state index < -0.39 is 24.0 Å². The van der Waals surface area contributed by atoms with Gasteiger partial charge in [0.05, 0.1) is 38.9 Å². The summed E-state index contributed by atoms with van der Waals surface area (Å²) in [5.74, 6) is 0.0272. The third-order valence-electron chi connectivity index (χ3n) is 6.44. The lowest BCUT2D eigenvalue weighted by atomic mass is 9.95. The third-order valence-corrected chi connectivity index (χ3v) is 6.44. The lowest BCUT2D eigenvalue weighted by Gasteiger charge is -2.21. The fourth-order valence-corrected chi connectivity index (χ4v) is 4.18. The molecule has 0 aliphatic carbocycles. The molecular formula is C32H36N2O7. The second kappa shape index (κ2) is 15.1. The minimum Gasteiger partial charge on any atom is -0.493 e.